The molecule has 0 bridgehead atoms. The van der Waals surface area contributed by atoms with Crippen LogP contribution in [0.2, 0.25) is 0 Å². The lowest BCUT2D eigenvalue weighted by atomic mass is 10.1. The van der Waals surface area contributed by atoms with Crippen LogP contribution in [0.15, 0.2) is 40.9 Å². The van der Waals surface area contributed by atoms with E-state index in [0.29, 0.717) is 4.47 Å². The number of amides is 2. The first-order chi connectivity index (χ1) is 9.95. The minimum atomic E-state index is -0.652. The number of benzene rings is 1. The molecule has 2 rings (SSSR count). The summed E-state index contributed by atoms with van der Waals surface area (Å²) in [5.74, 6) is -1.78. The zero-order chi connectivity index (χ0) is 15.6. The summed E-state index contributed by atoms with van der Waals surface area (Å²) in [7, 11) is 0. The molecule has 0 radical (unpaired) electrons. The summed E-state index contributed by atoms with van der Waals surface area (Å²) in [5.41, 5.74) is -0.0568. The first-order valence-corrected chi connectivity index (χ1v) is 7.09. The first kappa shape index (κ1) is 15.5. The Morgan fingerprint density at radius 1 is 1.43 bits per heavy atom. The molecular weight excluding hydrogens is 359 g/mol. The molecule has 0 unspecified atom stereocenters. The fourth-order valence-electron chi connectivity index (χ4n) is 1.78. The number of hydrogen-bond acceptors (Lipinski definition) is 3. The summed E-state index contributed by atoms with van der Waals surface area (Å²) in [6.07, 6.45) is 2.69. The number of carbonyl (C=O) groups is 2. The van der Waals surface area contributed by atoms with E-state index in [0.717, 1.165) is 0 Å². The Hall–Kier alpha value is -1.86. The van der Waals surface area contributed by atoms with E-state index < -0.39 is 17.6 Å². The molecule has 4 nitrogen and oxygen atoms in total. The Labute approximate surface area is 134 Å². The van der Waals surface area contributed by atoms with Gasteiger partial charge in [0.2, 0.25) is 0 Å². The van der Waals surface area contributed by atoms with Crippen molar-refractivity contribution in [1.29, 1.82) is 0 Å². The molecule has 0 spiro atoms. The van der Waals surface area contributed by atoms with Gasteiger partial charge in [0.1, 0.15) is 11.4 Å². The Kier molecular flexibility index (Phi) is 4.64. The SMILES string of the molecule is C=CCN1C(=O)/C(=C/c2c(F)cccc2Br)C(=O)NC1=S. The minimum Gasteiger partial charge on any atom is -0.298 e. The molecule has 1 aromatic carbocycles. The predicted molar refractivity (Wildman–Crippen MR) is 84.7 cm³/mol. The normalized spacial score (nSPS) is 17.1. The minimum absolute atomic E-state index is 0.00893. The van der Waals surface area contributed by atoms with Crippen molar-refractivity contribution < 1.29 is 14.0 Å². The van der Waals surface area contributed by atoms with Gasteiger partial charge in [0.05, 0.1) is 0 Å². The van der Waals surface area contributed by atoms with Gasteiger partial charge in [-0.1, -0.05) is 28.1 Å². The van der Waals surface area contributed by atoms with Gasteiger partial charge in [-0.25, -0.2) is 4.39 Å². The van der Waals surface area contributed by atoms with Crippen LogP contribution in [-0.2, 0) is 9.59 Å². The third-order valence-electron chi connectivity index (χ3n) is 2.79. The van der Waals surface area contributed by atoms with Crippen LogP contribution >= 0.6 is 28.1 Å². The van der Waals surface area contributed by atoms with Gasteiger partial charge in [0, 0.05) is 16.6 Å². The van der Waals surface area contributed by atoms with Gasteiger partial charge >= 0.3 is 0 Å². The van der Waals surface area contributed by atoms with Crippen molar-refractivity contribution in [1.82, 2.24) is 10.2 Å². The van der Waals surface area contributed by atoms with Gasteiger partial charge in [-0.15, -0.1) is 6.58 Å². The van der Waals surface area contributed by atoms with E-state index in [2.05, 4.69) is 27.8 Å². The van der Waals surface area contributed by atoms with Crippen LogP contribution in [0.25, 0.3) is 6.08 Å². The highest BCUT2D eigenvalue weighted by Crippen LogP contribution is 2.24. The number of halogens is 2. The standard InChI is InChI=1S/C14H10BrFN2O2S/c1-2-6-18-13(20)9(12(19)17-14(18)21)7-8-10(15)4-3-5-11(8)16/h2-5,7H,1,6H2,(H,17,19,21)/b9-7+. The Morgan fingerprint density at radius 2 is 2.14 bits per heavy atom. The summed E-state index contributed by atoms with van der Waals surface area (Å²) < 4.78 is 14.3. The Morgan fingerprint density at radius 3 is 2.76 bits per heavy atom. The second kappa shape index (κ2) is 6.28. The lowest BCUT2D eigenvalue weighted by Crippen LogP contribution is -2.53. The van der Waals surface area contributed by atoms with E-state index in [9.17, 15) is 14.0 Å². The molecule has 2 amide bonds. The maximum atomic E-state index is 13.8. The number of hydrogen-bond donors (Lipinski definition) is 1. The van der Waals surface area contributed by atoms with E-state index in [1.807, 2.05) is 0 Å². The zero-order valence-electron chi connectivity index (χ0n) is 10.7. The molecule has 1 fully saturated rings. The van der Waals surface area contributed by atoms with Crippen LogP contribution in [0.1, 0.15) is 5.56 Å². The first-order valence-electron chi connectivity index (χ1n) is 5.89. The van der Waals surface area contributed by atoms with Gasteiger partial charge in [0.15, 0.2) is 5.11 Å². The van der Waals surface area contributed by atoms with Crippen LogP contribution < -0.4 is 5.32 Å². The molecule has 1 saturated heterocycles. The van der Waals surface area contributed by atoms with Gasteiger partial charge in [-0.2, -0.15) is 0 Å². The zero-order valence-corrected chi connectivity index (χ0v) is 13.1. The van der Waals surface area contributed by atoms with Crippen molar-refractivity contribution in [3.8, 4) is 0 Å². The molecule has 1 aliphatic heterocycles. The average Bonchev–Trinajstić information content (AvgIpc) is 2.42. The third kappa shape index (κ3) is 3.08. The lowest BCUT2D eigenvalue weighted by Gasteiger charge is -2.27. The third-order valence-corrected chi connectivity index (χ3v) is 3.80. The second-order valence-electron chi connectivity index (χ2n) is 4.16. The van der Waals surface area contributed by atoms with Crippen LogP contribution in [-0.4, -0.2) is 28.4 Å². The van der Waals surface area contributed by atoms with Crippen LogP contribution in [0, 0.1) is 5.82 Å². The van der Waals surface area contributed by atoms with Crippen molar-refractivity contribution in [2.75, 3.05) is 6.54 Å². The van der Waals surface area contributed by atoms with Gasteiger partial charge in [-0.3, -0.25) is 19.8 Å². The van der Waals surface area contributed by atoms with Crippen LogP contribution in [0.4, 0.5) is 4.39 Å². The molecular formula is C14H10BrFN2O2S. The van der Waals surface area contributed by atoms with E-state index in [-0.39, 0.29) is 22.8 Å². The fraction of sp³-hybridized carbons (Fsp3) is 0.0714. The van der Waals surface area contributed by atoms with E-state index in [1.165, 1.54) is 29.2 Å². The highest BCUT2D eigenvalue weighted by Gasteiger charge is 2.32. The summed E-state index contributed by atoms with van der Waals surface area (Å²) in [6.45, 7) is 3.69. The van der Waals surface area contributed by atoms with Gasteiger partial charge in [0.25, 0.3) is 11.8 Å². The number of nitrogens with zero attached hydrogens (tertiary/aromatic N) is 1. The van der Waals surface area contributed by atoms with Crippen LogP contribution in [0.3, 0.4) is 0 Å². The van der Waals surface area contributed by atoms with Crippen molar-refractivity contribution >= 4 is 51.2 Å². The lowest BCUT2D eigenvalue weighted by molar-refractivity contribution is -0.128. The van der Waals surface area contributed by atoms with Gasteiger partial charge < -0.3 is 0 Å². The van der Waals surface area contributed by atoms with Crippen molar-refractivity contribution in [2.24, 2.45) is 0 Å². The number of carbonyl (C=O) groups excluding carboxylic acids is 2. The quantitative estimate of drug-likeness (QED) is 0.385. The van der Waals surface area contributed by atoms with Crippen LogP contribution in [0.5, 0.6) is 0 Å². The molecule has 0 atom stereocenters. The smallest absolute Gasteiger partial charge is 0.265 e. The predicted octanol–water partition coefficient (Wildman–Crippen LogP) is 2.40. The summed E-state index contributed by atoms with van der Waals surface area (Å²) in [5, 5.41) is 2.41. The highest BCUT2D eigenvalue weighted by molar-refractivity contribution is 9.10. The van der Waals surface area contributed by atoms with E-state index in [4.69, 9.17) is 12.2 Å². The molecule has 1 N–H and O–H groups in total. The largest absolute Gasteiger partial charge is 0.298 e. The second-order valence-corrected chi connectivity index (χ2v) is 5.40. The average molecular weight is 369 g/mol. The molecule has 1 heterocycles. The van der Waals surface area contributed by atoms with Crippen molar-refractivity contribution in [2.45, 2.75) is 0 Å². The molecule has 1 aliphatic rings. The summed E-state index contributed by atoms with van der Waals surface area (Å²) >= 11 is 8.12. The van der Waals surface area contributed by atoms with E-state index in [1.54, 1.807) is 6.07 Å². The van der Waals surface area contributed by atoms with Crippen molar-refractivity contribution in [3.63, 3.8) is 0 Å². The molecule has 21 heavy (non-hydrogen) atoms. The summed E-state index contributed by atoms with van der Waals surface area (Å²) in [6, 6.07) is 4.38. The van der Waals surface area contributed by atoms with E-state index >= 15 is 0 Å². The number of rotatable bonds is 3. The monoisotopic (exact) mass is 368 g/mol. The molecule has 1 aromatic rings. The highest BCUT2D eigenvalue weighted by atomic mass is 79.9. The molecule has 7 heteroatoms. The molecule has 0 aromatic heterocycles. The number of thiocarbonyl (C=S) groups is 1. The molecule has 0 saturated carbocycles. The maximum absolute atomic E-state index is 13.8. The fourth-order valence-corrected chi connectivity index (χ4v) is 2.49. The number of nitrogens with one attached hydrogen (secondary N) is 1. The van der Waals surface area contributed by atoms with Crippen molar-refractivity contribution in [3.05, 3.63) is 52.3 Å². The topological polar surface area (TPSA) is 49.4 Å². The van der Waals surface area contributed by atoms with Gasteiger partial charge in [-0.05, 0) is 30.4 Å². The summed E-state index contributed by atoms with van der Waals surface area (Å²) in [4.78, 5) is 25.4. The molecule has 108 valence electrons. The Balaban J connectivity index is 2.48. The maximum Gasteiger partial charge on any atom is 0.265 e. The molecule has 0 aliphatic carbocycles. The Bertz CT molecular complexity index is 667.